The first-order valence-electron chi connectivity index (χ1n) is 5.61. The Hall–Kier alpha value is -1.11. The van der Waals surface area contributed by atoms with Crippen molar-refractivity contribution in [3.63, 3.8) is 0 Å². The summed E-state index contributed by atoms with van der Waals surface area (Å²) in [7, 11) is 1.92. The molecule has 0 saturated heterocycles. The monoisotopic (exact) mass is 340 g/mol. The zero-order valence-electron chi connectivity index (χ0n) is 9.52. The minimum Gasteiger partial charge on any atom is -0.398 e. The van der Waals surface area contributed by atoms with E-state index in [1.807, 2.05) is 23.9 Å². The van der Waals surface area contributed by atoms with Gasteiger partial charge in [0.15, 0.2) is 11.6 Å². The topological polar surface area (TPSA) is 56.7 Å². The van der Waals surface area contributed by atoms with E-state index in [0.29, 0.717) is 5.92 Å². The van der Waals surface area contributed by atoms with Gasteiger partial charge in [0.2, 0.25) is 0 Å². The number of hydrogen-bond donors (Lipinski definition) is 1. The van der Waals surface area contributed by atoms with Gasteiger partial charge in [-0.3, -0.25) is 0 Å². The molecule has 17 heavy (non-hydrogen) atoms. The van der Waals surface area contributed by atoms with E-state index in [9.17, 15) is 0 Å². The lowest BCUT2D eigenvalue weighted by atomic mass is 10.2. The number of benzene rings is 1. The lowest BCUT2D eigenvalue weighted by Crippen LogP contribution is -1.98. The number of rotatable bonds is 2. The Morgan fingerprint density at radius 1 is 1.41 bits per heavy atom. The summed E-state index contributed by atoms with van der Waals surface area (Å²) in [5.41, 5.74) is 7.73. The lowest BCUT2D eigenvalue weighted by molar-refractivity contribution is 0.750. The third kappa shape index (κ3) is 2.03. The number of aryl methyl sites for hydroxylation is 1. The quantitative estimate of drug-likeness (QED) is 0.675. The molecule has 0 atom stereocenters. The Balaban J connectivity index is 2.10. The summed E-state index contributed by atoms with van der Waals surface area (Å²) >= 11 is 2.28. The summed E-state index contributed by atoms with van der Waals surface area (Å²) in [5, 5.41) is 4.47. The largest absolute Gasteiger partial charge is 0.398 e. The van der Waals surface area contributed by atoms with Crippen molar-refractivity contribution in [2.45, 2.75) is 18.8 Å². The van der Waals surface area contributed by atoms with Crippen molar-refractivity contribution >= 4 is 28.3 Å². The van der Waals surface area contributed by atoms with Crippen LogP contribution >= 0.6 is 22.6 Å². The Kier molecular flexibility index (Phi) is 2.57. The van der Waals surface area contributed by atoms with Crippen molar-refractivity contribution in [2.24, 2.45) is 7.05 Å². The van der Waals surface area contributed by atoms with Crippen LogP contribution in [0.2, 0.25) is 0 Å². The van der Waals surface area contributed by atoms with Crippen LogP contribution in [0.3, 0.4) is 0 Å². The normalized spacial score (nSPS) is 15.2. The van der Waals surface area contributed by atoms with E-state index in [1.54, 1.807) is 0 Å². The maximum atomic E-state index is 6.01. The van der Waals surface area contributed by atoms with Crippen molar-refractivity contribution in [1.82, 2.24) is 14.8 Å². The van der Waals surface area contributed by atoms with Gasteiger partial charge in [-0.1, -0.05) is 0 Å². The maximum absolute atomic E-state index is 6.01. The summed E-state index contributed by atoms with van der Waals surface area (Å²) in [6, 6.07) is 5.97. The van der Waals surface area contributed by atoms with Crippen molar-refractivity contribution in [1.29, 1.82) is 0 Å². The first kappa shape index (κ1) is 11.0. The molecule has 2 N–H and O–H groups in total. The lowest BCUT2D eigenvalue weighted by Gasteiger charge is -2.04. The number of anilines is 1. The van der Waals surface area contributed by atoms with E-state index in [-0.39, 0.29) is 0 Å². The van der Waals surface area contributed by atoms with Gasteiger partial charge >= 0.3 is 0 Å². The average Bonchev–Trinajstić information content (AvgIpc) is 3.07. The zero-order valence-corrected chi connectivity index (χ0v) is 11.7. The molecular weight excluding hydrogens is 327 g/mol. The number of halogens is 1. The molecule has 4 nitrogen and oxygen atoms in total. The van der Waals surface area contributed by atoms with E-state index >= 15 is 0 Å². The van der Waals surface area contributed by atoms with Gasteiger partial charge in [0.1, 0.15) is 0 Å². The van der Waals surface area contributed by atoms with E-state index in [2.05, 4.69) is 38.7 Å². The highest BCUT2D eigenvalue weighted by atomic mass is 127. The van der Waals surface area contributed by atoms with Crippen molar-refractivity contribution < 1.29 is 0 Å². The summed E-state index contributed by atoms with van der Waals surface area (Å²) < 4.78 is 2.98. The fourth-order valence-electron chi connectivity index (χ4n) is 1.88. The molecule has 0 unspecified atom stereocenters. The van der Waals surface area contributed by atoms with Crippen molar-refractivity contribution in [3.8, 4) is 11.4 Å². The van der Waals surface area contributed by atoms with E-state index < -0.39 is 0 Å². The fourth-order valence-corrected chi connectivity index (χ4v) is 2.37. The Morgan fingerprint density at radius 2 is 2.18 bits per heavy atom. The van der Waals surface area contributed by atoms with Crippen LogP contribution in [0.25, 0.3) is 11.4 Å². The van der Waals surface area contributed by atoms with Gasteiger partial charge in [-0.15, -0.1) is 0 Å². The predicted octanol–water partition coefficient (Wildman–Crippen LogP) is 2.55. The summed E-state index contributed by atoms with van der Waals surface area (Å²) in [6.07, 6.45) is 2.43. The van der Waals surface area contributed by atoms with Gasteiger partial charge < -0.3 is 5.73 Å². The summed E-state index contributed by atoms with van der Waals surface area (Å²) in [6.45, 7) is 0. The smallest absolute Gasteiger partial charge is 0.160 e. The average molecular weight is 340 g/mol. The Labute approximate surface area is 113 Å². The third-order valence-corrected chi connectivity index (χ3v) is 3.65. The van der Waals surface area contributed by atoms with Crippen LogP contribution in [0.4, 0.5) is 5.69 Å². The van der Waals surface area contributed by atoms with Gasteiger partial charge in [0.05, 0.1) is 0 Å². The number of nitrogens with zero attached hydrogens (tertiary/aromatic N) is 3. The molecule has 88 valence electrons. The standard InChI is InChI=1S/C12H13IN4/c1-17-12(15-11(16-17)7-2-3-7)9-6-8(13)4-5-10(9)14/h4-7H,2-3,14H2,1H3. The van der Waals surface area contributed by atoms with E-state index in [0.717, 1.165) is 26.5 Å². The van der Waals surface area contributed by atoms with Crippen LogP contribution in [0.15, 0.2) is 18.2 Å². The molecule has 2 aromatic rings. The van der Waals surface area contributed by atoms with E-state index in [1.165, 1.54) is 12.8 Å². The van der Waals surface area contributed by atoms with Crippen LogP contribution < -0.4 is 5.73 Å². The predicted molar refractivity (Wildman–Crippen MR) is 75.5 cm³/mol. The van der Waals surface area contributed by atoms with Gasteiger partial charge in [-0.25, -0.2) is 9.67 Å². The highest BCUT2D eigenvalue weighted by Gasteiger charge is 2.28. The SMILES string of the molecule is Cn1nc(C2CC2)nc1-c1cc(I)ccc1N. The van der Waals surface area contributed by atoms with Gasteiger partial charge in [0.25, 0.3) is 0 Å². The molecule has 3 rings (SSSR count). The Bertz CT molecular complexity index is 572. The first-order valence-corrected chi connectivity index (χ1v) is 6.69. The minimum atomic E-state index is 0.568. The second kappa shape index (κ2) is 3.97. The number of nitrogens with two attached hydrogens (primary N) is 1. The van der Waals surface area contributed by atoms with Crippen molar-refractivity contribution in [2.75, 3.05) is 5.73 Å². The van der Waals surface area contributed by atoms with Gasteiger partial charge in [-0.2, -0.15) is 5.10 Å². The van der Waals surface area contributed by atoms with Crippen LogP contribution in [0.5, 0.6) is 0 Å². The second-order valence-electron chi connectivity index (χ2n) is 4.42. The van der Waals surface area contributed by atoms with Gasteiger partial charge in [0, 0.05) is 27.8 Å². The second-order valence-corrected chi connectivity index (χ2v) is 5.67. The fraction of sp³-hybridized carbons (Fsp3) is 0.333. The molecule has 1 aromatic carbocycles. The number of aromatic nitrogens is 3. The molecule has 0 amide bonds. The maximum Gasteiger partial charge on any atom is 0.160 e. The molecule has 1 heterocycles. The molecule has 1 aliphatic carbocycles. The molecule has 5 heteroatoms. The first-order chi connectivity index (χ1) is 8.15. The molecule has 1 aliphatic rings. The molecule has 0 aliphatic heterocycles. The molecule has 1 saturated carbocycles. The van der Waals surface area contributed by atoms with Crippen LogP contribution in [-0.4, -0.2) is 14.8 Å². The van der Waals surface area contributed by atoms with Gasteiger partial charge in [-0.05, 0) is 53.6 Å². The minimum absolute atomic E-state index is 0.568. The highest BCUT2D eigenvalue weighted by Crippen LogP contribution is 2.39. The number of nitrogen functional groups attached to an aromatic ring is 1. The Morgan fingerprint density at radius 3 is 2.88 bits per heavy atom. The summed E-state index contributed by atoms with van der Waals surface area (Å²) in [4.78, 5) is 4.61. The molecule has 1 aromatic heterocycles. The number of hydrogen-bond acceptors (Lipinski definition) is 3. The molecule has 1 fully saturated rings. The third-order valence-electron chi connectivity index (χ3n) is 2.98. The molecular formula is C12H13IN4. The highest BCUT2D eigenvalue weighted by molar-refractivity contribution is 14.1. The molecule has 0 bridgehead atoms. The van der Waals surface area contributed by atoms with Crippen LogP contribution in [0.1, 0.15) is 24.6 Å². The van der Waals surface area contributed by atoms with Crippen LogP contribution in [-0.2, 0) is 7.05 Å². The van der Waals surface area contributed by atoms with Crippen molar-refractivity contribution in [3.05, 3.63) is 27.6 Å². The zero-order chi connectivity index (χ0) is 12.0. The molecule has 0 radical (unpaired) electrons. The summed E-state index contributed by atoms with van der Waals surface area (Å²) in [5.74, 6) is 2.39. The van der Waals surface area contributed by atoms with Crippen LogP contribution in [0, 0.1) is 3.57 Å². The van der Waals surface area contributed by atoms with E-state index in [4.69, 9.17) is 5.73 Å². The molecule has 0 spiro atoms.